The molecule has 0 saturated carbocycles. The fourth-order valence-corrected chi connectivity index (χ4v) is 5.36. The van der Waals surface area contributed by atoms with E-state index in [0.29, 0.717) is 22.5 Å². The third-order valence-corrected chi connectivity index (χ3v) is 7.10. The molecule has 0 aliphatic carbocycles. The second-order valence-electron chi connectivity index (χ2n) is 7.86. The maximum Gasteiger partial charge on any atom is 0.295 e. The molecular formula is C23H28N4O4S. The molecule has 2 N–H and O–H groups in total. The van der Waals surface area contributed by atoms with E-state index in [-0.39, 0.29) is 29.1 Å². The molecule has 1 aromatic heterocycles. The molecule has 0 radical (unpaired) electrons. The van der Waals surface area contributed by atoms with Crippen molar-refractivity contribution in [3.8, 4) is 5.69 Å². The van der Waals surface area contributed by atoms with Gasteiger partial charge >= 0.3 is 0 Å². The summed E-state index contributed by atoms with van der Waals surface area (Å²) in [5.41, 5.74) is 3.39. The van der Waals surface area contributed by atoms with E-state index in [2.05, 4.69) is 10.0 Å². The zero-order chi connectivity index (χ0) is 23.6. The summed E-state index contributed by atoms with van der Waals surface area (Å²) in [6, 6.07) is 12.7. The van der Waals surface area contributed by atoms with Crippen LogP contribution >= 0.6 is 0 Å². The minimum Gasteiger partial charge on any atom is -0.320 e. The van der Waals surface area contributed by atoms with E-state index in [9.17, 15) is 18.0 Å². The van der Waals surface area contributed by atoms with Crippen molar-refractivity contribution >= 4 is 21.6 Å². The second-order valence-corrected chi connectivity index (χ2v) is 9.56. The standard InChI is InChI=1S/C23H28N4O4S/c1-15-13-16(2)22(17(3)14-15)32(30,31)24-12-11-20(28)25-21-18(4)26(5)27(23(21)29)19-9-7-6-8-10-19/h6-10,13-14,24H,11-12H2,1-5H3,(H,25,28). The molecule has 3 rings (SSSR count). The second kappa shape index (κ2) is 9.13. The SMILES string of the molecule is Cc1cc(C)c(S(=O)(=O)NCCC(=O)Nc2c(C)n(C)n(-c3ccccc3)c2=O)c(C)c1. The lowest BCUT2D eigenvalue weighted by Gasteiger charge is -2.13. The molecular weight excluding hydrogens is 428 g/mol. The van der Waals surface area contributed by atoms with E-state index in [1.54, 1.807) is 44.6 Å². The number of amides is 1. The van der Waals surface area contributed by atoms with Crippen LogP contribution in [0.1, 0.15) is 28.8 Å². The summed E-state index contributed by atoms with van der Waals surface area (Å²) < 4.78 is 31.1. The Morgan fingerprint density at radius 3 is 2.19 bits per heavy atom. The molecule has 8 nitrogen and oxygen atoms in total. The Morgan fingerprint density at radius 2 is 1.59 bits per heavy atom. The molecule has 2 aromatic carbocycles. The van der Waals surface area contributed by atoms with Crippen molar-refractivity contribution in [2.45, 2.75) is 39.0 Å². The van der Waals surface area contributed by atoms with Gasteiger partial charge in [-0.2, -0.15) is 0 Å². The van der Waals surface area contributed by atoms with E-state index in [1.165, 1.54) is 4.68 Å². The zero-order valence-electron chi connectivity index (χ0n) is 18.9. The largest absolute Gasteiger partial charge is 0.320 e. The lowest BCUT2D eigenvalue weighted by Crippen LogP contribution is -2.29. The topological polar surface area (TPSA) is 102 Å². The number of benzene rings is 2. The molecule has 1 amide bonds. The van der Waals surface area contributed by atoms with Crippen LogP contribution in [0.15, 0.2) is 52.2 Å². The number of hydrogen-bond donors (Lipinski definition) is 2. The van der Waals surface area contributed by atoms with Gasteiger partial charge in [0.05, 0.1) is 16.3 Å². The summed E-state index contributed by atoms with van der Waals surface area (Å²) in [6.07, 6.45) is -0.109. The normalized spacial score (nSPS) is 11.5. The van der Waals surface area contributed by atoms with Gasteiger partial charge in [0.25, 0.3) is 5.56 Å². The van der Waals surface area contributed by atoms with E-state index in [1.807, 2.05) is 37.3 Å². The van der Waals surface area contributed by atoms with Gasteiger partial charge in [-0.05, 0) is 51.0 Å². The van der Waals surface area contributed by atoms with Gasteiger partial charge in [-0.3, -0.25) is 14.3 Å². The zero-order valence-corrected chi connectivity index (χ0v) is 19.7. The van der Waals surface area contributed by atoms with Crippen molar-refractivity contribution in [3.05, 3.63) is 75.2 Å². The molecule has 0 fully saturated rings. The molecule has 32 heavy (non-hydrogen) atoms. The van der Waals surface area contributed by atoms with E-state index in [0.717, 1.165) is 5.56 Å². The number of aromatic nitrogens is 2. The molecule has 1 heterocycles. The van der Waals surface area contributed by atoms with E-state index in [4.69, 9.17) is 0 Å². The lowest BCUT2D eigenvalue weighted by atomic mass is 10.1. The van der Waals surface area contributed by atoms with E-state index < -0.39 is 15.9 Å². The minimum absolute atomic E-state index is 0.0837. The van der Waals surface area contributed by atoms with Crippen molar-refractivity contribution in [3.63, 3.8) is 0 Å². The highest BCUT2D eigenvalue weighted by atomic mass is 32.2. The molecule has 0 bridgehead atoms. The number of carbonyl (C=O) groups is 1. The molecule has 0 aliphatic heterocycles. The molecule has 0 atom stereocenters. The van der Waals surface area contributed by atoms with Gasteiger partial charge in [-0.15, -0.1) is 0 Å². The Labute approximate surface area is 187 Å². The molecule has 9 heteroatoms. The van der Waals surface area contributed by atoms with Gasteiger partial charge < -0.3 is 5.32 Å². The minimum atomic E-state index is -3.76. The monoisotopic (exact) mass is 456 g/mol. The first-order chi connectivity index (χ1) is 15.0. The average Bonchev–Trinajstić information content (AvgIpc) is 2.90. The van der Waals surface area contributed by atoms with Crippen LogP contribution in [0.25, 0.3) is 5.69 Å². The first-order valence-electron chi connectivity index (χ1n) is 10.2. The van der Waals surface area contributed by atoms with Crippen LogP contribution in [0.3, 0.4) is 0 Å². The Hall–Kier alpha value is -3.17. The highest BCUT2D eigenvalue weighted by Crippen LogP contribution is 2.21. The van der Waals surface area contributed by atoms with Crippen LogP contribution < -0.4 is 15.6 Å². The number of rotatable bonds is 7. The van der Waals surface area contributed by atoms with Crippen LogP contribution in [0.5, 0.6) is 0 Å². The summed E-state index contributed by atoms with van der Waals surface area (Å²) in [6.45, 7) is 7.06. The highest BCUT2D eigenvalue weighted by Gasteiger charge is 2.21. The number of para-hydroxylation sites is 1. The number of anilines is 1. The van der Waals surface area contributed by atoms with Crippen molar-refractivity contribution < 1.29 is 13.2 Å². The predicted octanol–water partition coefficient (Wildman–Crippen LogP) is 2.72. The van der Waals surface area contributed by atoms with Crippen LogP contribution in [0, 0.1) is 27.7 Å². The average molecular weight is 457 g/mol. The molecule has 0 saturated heterocycles. The Bertz CT molecular complexity index is 1300. The predicted molar refractivity (Wildman–Crippen MR) is 125 cm³/mol. The van der Waals surface area contributed by atoms with Gasteiger partial charge in [-0.25, -0.2) is 17.8 Å². The fraction of sp³-hybridized carbons (Fsp3) is 0.304. The molecule has 0 spiro atoms. The molecule has 3 aromatic rings. The van der Waals surface area contributed by atoms with Crippen molar-refractivity contribution in [2.75, 3.05) is 11.9 Å². The number of aryl methyl sites for hydroxylation is 3. The van der Waals surface area contributed by atoms with Gasteiger partial charge in [0.2, 0.25) is 15.9 Å². The first kappa shape index (κ1) is 23.5. The summed E-state index contributed by atoms with van der Waals surface area (Å²) in [7, 11) is -2.03. The van der Waals surface area contributed by atoms with Gasteiger partial charge in [0.15, 0.2) is 0 Å². The van der Waals surface area contributed by atoms with Gasteiger partial charge in [0, 0.05) is 20.0 Å². The number of sulfonamides is 1. The fourth-order valence-electron chi connectivity index (χ4n) is 3.88. The number of hydrogen-bond acceptors (Lipinski definition) is 4. The van der Waals surface area contributed by atoms with Crippen molar-refractivity contribution in [2.24, 2.45) is 7.05 Å². The maximum absolute atomic E-state index is 12.9. The van der Waals surface area contributed by atoms with Crippen molar-refractivity contribution in [1.82, 2.24) is 14.1 Å². The summed E-state index contributed by atoms with van der Waals surface area (Å²) in [5.74, 6) is -0.448. The summed E-state index contributed by atoms with van der Waals surface area (Å²) in [5, 5.41) is 2.64. The Balaban J connectivity index is 1.71. The Morgan fingerprint density at radius 1 is 1.00 bits per heavy atom. The number of carbonyl (C=O) groups excluding carboxylic acids is 1. The summed E-state index contributed by atoms with van der Waals surface area (Å²) >= 11 is 0. The smallest absolute Gasteiger partial charge is 0.295 e. The number of nitrogens with one attached hydrogen (secondary N) is 2. The maximum atomic E-state index is 12.9. The van der Waals surface area contributed by atoms with Gasteiger partial charge in [0.1, 0.15) is 5.69 Å². The molecule has 170 valence electrons. The number of nitrogens with zero attached hydrogens (tertiary/aromatic N) is 2. The van der Waals surface area contributed by atoms with Crippen LogP contribution in [-0.2, 0) is 21.9 Å². The first-order valence-corrected chi connectivity index (χ1v) is 11.7. The summed E-state index contributed by atoms with van der Waals surface area (Å²) in [4.78, 5) is 25.6. The quantitative estimate of drug-likeness (QED) is 0.571. The third kappa shape index (κ3) is 4.68. The van der Waals surface area contributed by atoms with E-state index >= 15 is 0 Å². The van der Waals surface area contributed by atoms with Crippen molar-refractivity contribution in [1.29, 1.82) is 0 Å². The molecule has 0 aliphatic rings. The van der Waals surface area contributed by atoms with Crippen LogP contribution in [0.4, 0.5) is 5.69 Å². The lowest BCUT2D eigenvalue weighted by molar-refractivity contribution is -0.116. The highest BCUT2D eigenvalue weighted by molar-refractivity contribution is 7.89. The molecule has 0 unspecified atom stereocenters. The van der Waals surface area contributed by atoms with Gasteiger partial charge in [-0.1, -0.05) is 35.9 Å². The van der Waals surface area contributed by atoms with Crippen LogP contribution in [0.2, 0.25) is 0 Å². The third-order valence-electron chi connectivity index (χ3n) is 5.34. The Kier molecular flexibility index (Phi) is 6.71. The van der Waals surface area contributed by atoms with Crippen LogP contribution in [-0.4, -0.2) is 30.2 Å².